The number of carbonyl (C=O) groups is 1. The van der Waals surface area contributed by atoms with Crippen LogP contribution in [0.5, 0.6) is 5.75 Å². The number of morpholine rings is 1. The number of aryl methyl sites for hydroxylation is 3. The van der Waals surface area contributed by atoms with Gasteiger partial charge in [-0.3, -0.25) is 9.69 Å². The Labute approximate surface area is 206 Å². The van der Waals surface area contributed by atoms with Crippen molar-refractivity contribution in [2.75, 3.05) is 39.5 Å². The highest BCUT2D eigenvalue weighted by molar-refractivity contribution is 5.79. The van der Waals surface area contributed by atoms with Gasteiger partial charge in [0, 0.05) is 48.8 Å². The van der Waals surface area contributed by atoms with Crippen molar-refractivity contribution in [3.63, 3.8) is 0 Å². The number of rotatable bonds is 9. The SMILES string of the molecule is Cc1cc(C)nc(-n2nc(C)c(CC(=O)NCc3cccc(OCCN4CCOCC4)c3)c2C)n1. The molecule has 1 aliphatic rings. The van der Waals surface area contributed by atoms with Crippen LogP contribution in [0.2, 0.25) is 0 Å². The Balaban J connectivity index is 1.31. The number of nitrogens with zero attached hydrogens (tertiary/aromatic N) is 5. The summed E-state index contributed by atoms with van der Waals surface area (Å²) in [6.45, 7) is 13.1. The first-order chi connectivity index (χ1) is 16.9. The molecule has 0 saturated carbocycles. The summed E-state index contributed by atoms with van der Waals surface area (Å²) in [4.78, 5) is 24.1. The van der Waals surface area contributed by atoms with E-state index < -0.39 is 0 Å². The van der Waals surface area contributed by atoms with Gasteiger partial charge in [-0.1, -0.05) is 12.1 Å². The topological polar surface area (TPSA) is 94.4 Å². The van der Waals surface area contributed by atoms with Crippen molar-refractivity contribution < 1.29 is 14.3 Å². The number of nitrogens with one attached hydrogen (secondary N) is 1. The summed E-state index contributed by atoms with van der Waals surface area (Å²) < 4.78 is 13.0. The molecule has 3 heterocycles. The van der Waals surface area contributed by atoms with Crippen LogP contribution in [0, 0.1) is 27.7 Å². The summed E-state index contributed by atoms with van der Waals surface area (Å²) in [7, 11) is 0. The Morgan fingerprint density at radius 2 is 1.83 bits per heavy atom. The number of aromatic nitrogens is 4. The summed E-state index contributed by atoms with van der Waals surface area (Å²) >= 11 is 0. The van der Waals surface area contributed by atoms with E-state index in [9.17, 15) is 4.79 Å². The Kier molecular flexibility index (Phi) is 8.09. The third-order valence-corrected chi connectivity index (χ3v) is 6.11. The van der Waals surface area contributed by atoms with E-state index in [1.165, 1.54) is 0 Å². The standard InChI is InChI=1S/C26H34N6O3/c1-18-14-19(2)29-26(28-18)32-21(4)24(20(3)30-32)16-25(33)27-17-22-6-5-7-23(15-22)35-13-10-31-8-11-34-12-9-31/h5-7,14-15H,8-13,16-17H2,1-4H3,(H,27,33). The van der Waals surface area contributed by atoms with Gasteiger partial charge in [-0.25, -0.2) is 14.6 Å². The molecule has 35 heavy (non-hydrogen) atoms. The van der Waals surface area contributed by atoms with Crippen LogP contribution in [0.25, 0.3) is 5.95 Å². The molecule has 1 amide bonds. The molecule has 186 valence electrons. The fraction of sp³-hybridized carbons (Fsp3) is 0.462. The maximum absolute atomic E-state index is 12.7. The number of hydrogen-bond donors (Lipinski definition) is 1. The quantitative estimate of drug-likeness (QED) is 0.505. The molecule has 0 spiro atoms. The van der Waals surface area contributed by atoms with E-state index in [0.717, 1.165) is 72.5 Å². The lowest BCUT2D eigenvalue weighted by molar-refractivity contribution is -0.120. The lowest BCUT2D eigenvalue weighted by Gasteiger charge is -2.26. The smallest absolute Gasteiger partial charge is 0.251 e. The number of benzene rings is 1. The largest absolute Gasteiger partial charge is 0.492 e. The minimum absolute atomic E-state index is 0.0595. The van der Waals surface area contributed by atoms with Crippen LogP contribution in [0.15, 0.2) is 30.3 Å². The van der Waals surface area contributed by atoms with Crippen molar-refractivity contribution in [1.82, 2.24) is 30.0 Å². The highest BCUT2D eigenvalue weighted by Gasteiger charge is 2.18. The third kappa shape index (κ3) is 6.64. The fourth-order valence-corrected chi connectivity index (χ4v) is 4.21. The van der Waals surface area contributed by atoms with Crippen molar-refractivity contribution in [3.05, 3.63) is 64.2 Å². The van der Waals surface area contributed by atoms with Crippen molar-refractivity contribution in [3.8, 4) is 11.7 Å². The van der Waals surface area contributed by atoms with Gasteiger partial charge in [0.15, 0.2) is 0 Å². The second-order valence-electron chi connectivity index (χ2n) is 8.92. The number of amides is 1. The average molecular weight is 479 g/mol. The molecule has 0 radical (unpaired) electrons. The van der Waals surface area contributed by atoms with Crippen LogP contribution in [0.4, 0.5) is 0 Å². The zero-order valence-electron chi connectivity index (χ0n) is 21.0. The van der Waals surface area contributed by atoms with Gasteiger partial charge >= 0.3 is 0 Å². The summed E-state index contributed by atoms with van der Waals surface area (Å²) in [5.41, 5.74) is 5.33. The lowest BCUT2D eigenvalue weighted by Crippen LogP contribution is -2.38. The first-order valence-electron chi connectivity index (χ1n) is 12.1. The van der Waals surface area contributed by atoms with Crippen LogP contribution in [0.1, 0.15) is 33.9 Å². The molecule has 1 aliphatic heterocycles. The highest BCUT2D eigenvalue weighted by Crippen LogP contribution is 2.18. The minimum Gasteiger partial charge on any atom is -0.492 e. The molecular weight excluding hydrogens is 444 g/mol. The molecule has 0 unspecified atom stereocenters. The van der Waals surface area contributed by atoms with E-state index >= 15 is 0 Å². The summed E-state index contributed by atoms with van der Waals surface area (Å²) in [6, 6.07) is 9.79. The molecular formula is C26H34N6O3. The molecule has 1 fully saturated rings. The molecule has 4 rings (SSSR count). The third-order valence-electron chi connectivity index (χ3n) is 6.11. The maximum Gasteiger partial charge on any atom is 0.251 e. The Bertz CT molecular complexity index is 1150. The molecule has 2 aromatic heterocycles. The second-order valence-corrected chi connectivity index (χ2v) is 8.92. The van der Waals surface area contributed by atoms with E-state index in [0.29, 0.717) is 19.1 Å². The number of ether oxygens (including phenoxy) is 2. The average Bonchev–Trinajstić information content (AvgIpc) is 3.11. The highest BCUT2D eigenvalue weighted by atomic mass is 16.5. The van der Waals surface area contributed by atoms with Gasteiger partial charge in [-0.15, -0.1) is 0 Å². The van der Waals surface area contributed by atoms with Gasteiger partial charge in [-0.05, 0) is 51.5 Å². The molecule has 1 aromatic carbocycles. The molecule has 3 aromatic rings. The molecule has 0 bridgehead atoms. The van der Waals surface area contributed by atoms with Crippen LogP contribution in [-0.2, 0) is 22.5 Å². The molecule has 0 aliphatic carbocycles. The molecule has 9 nitrogen and oxygen atoms in total. The monoisotopic (exact) mass is 478 g/mol. The second kappa shape index (κ2) is 11.4. The van der Waals surface area contributed by atoms with Gasteiger partial charge in [-0.2, -0.15) is 5.10 Å². The molecule has 9 heteroatoms. The Hall–Kier alpha value is -3.30. The minimum atomic E-state index is -0.0595. The predicted octanol–water partition coefficient (Wildman–Crippen LogP) is 2.47. The normalized spacial score (nSPS) is 14.2. The van der Waals surface area contributed by atoms with Gasteiger partial charge in [0.2, 0.25) is 5.91 Å². The van der Waals surface area contributed by atoms with Gasteiger partial charge in [0.25, 0.3) is 5.95 Å². The van der Waals surface area contributed by atoms with Gasteiger partial charge in [0.1, 0.15) is 12.4 Å². The van der Waals surface area contributed by atoms with E-state index in [-0.39, 0.29) is 12.3 Å². The Morgan fingerprint density at radius 3 is 2.57 bits per heavy atom. The number of carbonyl (C=O) groups excluding carboxylic acids is 1. The summed E-state index contributed by atoms with van der Waals surface area (Å²) in [5, 5.41) is 7.61. The van der Waals surface area contributed by atoms with Crippen molar-refractivity contribution >= 4 is 5.91 Å². The van der Waals surface area contributed by atoms with Crippen LogP contribution in [-0.4, -0.2) is 70.0 Å². The fourth-order valence-electron chi connectivity index (χ4n) is 4.21. The zero-order valence-corrected chi connectivity index (χ0v) is 21.0. The summed E-state index contributed by atoms with van der Waals surface area (Å²) in [5.74, 6) is 1.28. The zero-order chi connectivity index (χ0) is 24.8. The maximum atomic E-state index is 12.7. The van der Waals surface area contributed by atoms with Gasteiger partial charge < -0.3 is 14.8 Å². The molecule has 1 saturated heterocycles. The van der Waals surface area contributed by atoms with Crippen LogP contribution in [0.3, 0.4) is 0 Å². The van der Waals surface area contributed by atoms with E-state index in [1.54, 1.807) is 4.68 Å². The van der Waals surface area contributed by atoms with Crippen molar-refractivity contribution in [2.45, 2.75) is 40.7 Å². The lowest BCUT2D eigenvalue weighted by atomic mass is 10.1. The Morgan fingerprint density at radius 1 is 1.09 bits per heavy atom. The molecule has 1 N–H and O–H groups in total. The van der Waals surface area contributed by atoms with Gasteiger partial charge in [0.05, 0.1) is 25.3 Å². The van der Waals surface area contributed by atoms with E-state index in [1.807, 2.05) is 58.0 Å². The van der Waals surface area contributed by atoms with Crippen molar-refractivity contribution in [1.29, 1.82) is 0 Å². The number of hydrogen-bond acceptors (Lipinski definition) is 7. The van der Waals surface area contributed by atoms with Crippen LogP contribution >= 0.6 is 0 Å². The first-order valence-corrected chi connectivity index (χ1v) is 12.1. The first kappa shape index (κ1) is 24.8. The molecule has 0 atom stereocenters. The van der Waals surface area contributed by atoms with Crippen LogP contribution < -0.4 is 10.1 Å². The van der Waals surface area contributed by atoms with Crippen molar-refractivity contribution in [2.24, 2.45) is 0 Å². The van der Waals surface area contributed by atoms with E-state index in [4.69, 9.17) is 9.47 Å². The summed E-state index contributed by atoms with van der Waals surface area (Å²) in [6.07, 6.45) is 0.248. The predicted molar refractivity (Wildman–Crippen MR) is 133 cm³/mol. The van der Waals surface area contributed by atoms with E-state index in [2.05, 4.69) is 25.3 Å².